The van der Waals surface area contributed by atoms with Gasteiger partial charge in [0.1, 0.15) is 11.9 Å². The Morgan fingerprint density at radius 2 is 1.93 bits per heavy atom. The fraction of sp³-hybridized carbons (Fsp3) is 0.526. The lowest BCUT2D eigenvalue weighted by atomic mass is 10.0. The molecule has 162 valence electrons. The van der Waals surface area contributed by atoms with Crippen LogP contribution in [0, 0.1) is 17.5 Å². The van der Waals surface area contributed by atoms with Crippen molar-refractivity contribution in [1.82, 2.24) is 15.0 Å². The van der Waals surface area contributed by atoms with Crippen molar-refractivity contribution >= 4 is 5.91 Å². The summed E-state index contributed by atoms with van der Waals surface area (Å²) in [6, 6.07) is -1.01. The Kier molecular flexibility index (Phi) is 5.25. The zero-order valence-corrected chi connectivity index (χ0v) is 15.8. The summed E-state index contributed by atoms with van der Waals surface area (Å²) >= 11 is 0. The van der Waals surface area contributed by atoms with Crippen LogP contribution in [0.15, 0.2) is 16.7 Å². The van der Waals surface area contributed by atoms with E-state index in [9.17, 15) is 26.7 Å². The van der Waals surface area contributed by atoms with Gasteiger partial charge in [0.25, 0.3) is 5.92 Å². The maximum atomic E-state index is 14.0. The van der Waals surface area contributed by atoms with Crippen molar-refractivity contribution in [3.8, 4) is 0 Å². The van der Waals surface area contributed by atoms with Crippen LogP contribution in [-0.4, -0.2) is 39.5 Å². The summed E-state index contributed by atoms with van der Waals surface area (Å²) < 4.78 is 73.4. The summed E-state index contributed by atoms with van der Waals surface area (Å²) in [7, 11) is 0. The van der Waals surface area contributed by atoms with Crippen molar-refractivity contribution < 1.29 is 31.3 Å². The summed E-state index contributed by atoms with van der Waals surface area (Å²) in [5, 5.41) is 3.80. The lowest BCUT2D eigenvalue weighted by Crippen LogP contribution is -2.38. The maximum Gasteiger partial charge on any atom is 0.267 e. The molecule has 11 heteroatoms. The number of nitrogens with zero attached hydrogens (tertiary/aromatic N) is 3. The predicted octanol–water partition coefficient (Wildman–Crippen LogP) is 3.23. The summed E-state index contributed by atoms with van der Waals surface area (Å²) in [6.07, 6.45) is 0.485. The Morgan fingerprint density at radius 1 is 1.23 bits per heavy atom. The molecule has 1 aromatic carbocycles. The molecule has 1 amide bonds. The second kappa shape index (κ2) is 7.60. The van der Waals surface area contributed by atoms with E-state index in [1.165, 1.54) is 0 Å². The number of aromatic nitrogens is 2. The highest BCUT2D eigenvalue weighted by Gasteiger charge is 2.50. The van der Waals surface area contributed by atoms with Gasteiger partial charge in [-0.05, 0) is 30.9 Å². The molecule has 2 N–H and O–H groups in total. The first-order valence-corrected chi connectivity index (χ1v) is 9.53. The Morgan fingerprint density at radius 3 is 2.63 bits per heavy atom. The number of hydrogen-bond donors (Lipinski definition) is 1. The molecule has 2 aliphatic rings. The third kappa shape index (κ3) is 4.30. The third-order valence-electron chi connectivity index (χ3n) is 5.28. The summed E-state index contributed by atoms with van der Waals surface area (Å²) in [5.74, 6) is -6.86. The molecule has 2 fully saturated rings. The smallest absolute Gasteiger partial charge is 0.267 e. The van der Waals surface area contributed by atoms with Gasteiger partial charge in [-0.15, -0.1) is 0 Å². The molecule has 2 atom stereocenters. The normalized spacial score (nSPS) is 21.8. The Bertz CT molecular complexity index is 962. The number of nitrogens with two attached hydrogens (primary N) is 1. The fourth-order valence-corrected chi connectivity index (χ4v) is 3.61. The molecule has 0 unspecified atom stereocenters. The number of alkyl halides is 2. The van der Waals surface area contributed by atoms with Crippen molar-refractivity contribution in [2.45, 2.75) is 56.0 Å². The minimum atomic E-state index is -3.13. The molecule has 1 aliphatic heterocycles. The second-order valence-electron chi connectivity index (χ2n) is 7.89. The quantitative estimate of drug-likeness (QED) is 0.562. The predicted molar refractivity (Wildman–Crippen MR) is 92.9 cm³/mol. The first kappa shape index (κ1) is 20.7. The Balaban J connectivity index is 1.45. The molecule has 1 aliphatic carbocycles. The van der Waals surface area contributed by atoms with Crippen LogP contribution in [-0.2, 0) is 11.2 Å². The Labute approximate surface area is 168 Å². The van der Waals surface area contributed by atoms with Gasteiger partial charge >= 0.3 is 0 Å². The van der Waals surface area contributed by atoms with E-state index < -0.39 is 60.8 Å². The number of halogens is 5. The van der Waals surface area contributed by atoms with Crippen LogP contribution in [0.4, 0.5) is 22.0 Å². The van der Waals surface area contributed by atoms with Gasteiger partial charge in [0, 0.05) is 30.9 Å². The van der Waals surface area contributed by atoms with Crippen LogP contribution in [0.3, 0.4) is 0 Å². The molecule has 1 aromatic heterocycles. The molecule has 0 spiro atoms. The molecule has 2 heterocycles. The van der Waals surface area contributed by atoms with Crippen LogP contribution >= 0.6 is 0 Å². The average Bonchev–Trinajstić information content (AvgIpc) is 3.29. The van der Waals surface area contributed by atoms with Crippen molar-refractivity contribution in [3.05, 3.63) is 46.9 Å². The van der Waals surface area contributed by atoms with E-state index >= 15 is 0 Å². The van der Waals surface area contributed by atoms with E-state index in [0.717, 1.165) is 17.7 Å². The van der Waals surface area contributed by atoms with Gasteiger partial charge in [-0.2, -0.15) is 4.98 Å². The first-order valence-electron chi connectivity index (χ1n) is 9.53. The lowest BCUT2D eigenvalue weighted by Gasteiger charge is -2.23. The molecule has 0 radical (unpaired) electrons. The number of amides is 1. The Hall–Kier alpha value is -2.56. The van der Waals surface area contributed by atoms with E-state index in [-0.39, 0.29) is 23.8 Å². The van der Waals surface area contributed by atoms with Crippen LogP contribution in [0.1, 0.15) is 54.9 Å². The van der Waals surface area contributed by atoms with Crippen molar-refractivity contribution in [3.63, 3.8) is 0 Å². The van der Waals surface area contributed by atoms with Crippen LogP contribution in [0.25, 0.3) is 0 Å². The van der Waals surface area contributed by atoms with Gasteiger partial charge in [0.15, 0.2) is 17.5 Å². The molecular weight excluding hydrogens is 411 g/mol. The third-order valence-corrected chi connectivity index (χ3v) is 5.28. The van der Waals surface area contributed by atoms with Crippen molar-refractivity contribution in [2.24, 2.45) is 5.73 Å². The summed E-state index contributed by atoms with van der Waals surface area (Å²) in [4.78, 5) is 17.8. The van der Waals surface area contributed by atoms with E-state index in [1.54, 1.807) is 0 Å². The highest BCUT2D eigenvalue weighted by Crippen LogP contribution is 2.43. The lowest BCUT2D eigenvalue weighted by molar-refractivity contribution is -0.134. The number of carbonyl (C=O) groups excluding carboxylic acids is 1. The van der Waals surface area contributed by atoms with Gasteiger partial charge in [0.2, 0.25) is 11.8 Å². The molecule has 1 saturated heterocycles. The van der Waals surface area contributed by atoms with Gasteiger partial charge in [-0.25, -0.2) is 22.0 Å². The highest BCUT2D eigenvalue weighted by atomic mass is 19.3. The largest absolute Gasteiger partial charge is 0.337 e. The maximum absolute atomic E-state index is 14.0. The van der Waals surface area contributed by atoms with Crippen molar-refractivity contribution in [1.29, 1.82) is 0 Å². The molecule has 1 saturated carbocycles. The van der Waals surface area contributed by atoms with Gasteiger partial charge in [-0.3, -0.25) is 4.79 Å². The highest BCUT2D eigenvalue weighted by molar-refractivity contribution is 5.77. The topological polar surface area (TPSA) is 85.3 Å². The van der Waals surface area contributed by atoms with Crippen LogP contribution in [0.5, 0.6) is 0 Å². The monoisotopic (exact) mass is 430 g/mol. The molecule has 30 heavy (non-hydrogen) atoms. The summed E-state index contributed by atoms with van der Waals surface area (Å²) in [6.45, 7) is -0.829. The summed E-state index contributed by atoms with van der Waals surface area (Å²) in [5.41, 5.74) is 5.66. The van der Waals surface area contributed by atoms with E-state index in [4.69, 9.17) is 10.3 Å². The van der Waals surface area contributed by atoms with E-state index in [2.05, 4.69) is 10.1 Å². The minimum Gasteiger partial charge on any atom is -0.337 e. The molecular formula is C19H19F5N4O2. The molecule has 2 aromatic rings. The molecule has 4 rings (SSSR count). The van der Waals surface area contributed by atoms with Gasteiger partial charge < -0.3 is 15.2 Å². The second-order valence-corrected chi connectivity index (χ2v) is 7.89. The number of benzene rings is 1. The van der Waals surface area contributed by atoms with Crippen molar-refractivity contribution in [2.75, 3.05) is 6.54 Å². The minimum absolute atomic E-state index is 0.0531. The molecule has 0 bridgehead atoms. The molecule has 6 nitrogen and oxygen atoms in total. The van der Waals surface area contributed by atoms with Gasteiger partial charge in [-0.1, -0.05) is 5.16 Å². The van der Waals surface area contributed by atoms with Crippen LogP contribution in [0.2, 0.25) is 0 Å². The number of likely N-dealkylation sites (tertiary alicyclic amines) is 1. The zero-order valence-electron chi connectivity index (χ0n) is 15.8. The number of rotatable bonds is 6. The van der Waals surface area contributed by atoms with E-state index in [1.807, 2.05) is 0 Å². The van der Waals surface area contributed by atoms with Crippen LogP contribution < -0.4 is 5.73 Å². The number of carbonyl (C=O) groups is 1. The van der Waals surface area contributed by atoms with Gasteiger partial charge in [0.05, 0.1) is 6.54 Å². The first-order chi connectivity index (χ1) is 14.1. The fourth-order valence-electron chi connectivity index (χ4n) is 3.61. The van der Waals surface area contributed by atoms with E-state index in [0.29, 0.717) is 18.0 Å². The number of hydrogen-bond acceptors (Lipinski definition) is 5. The zero-order chi connectivity index (χ0) is 21.6. The average molecular weight is 430 g/mol. The SMILES string of the molecule is N[C@@H](CC(=O)N1CC(F)(F)C[C@H]1c1nc(C2CC2)no1)Cc1cc(F)c(F)cc1F. The standard InChI is InChI=1S/C19H19F5N4O2/c20-12-6-14(22)13(21)4-10(12)3-11(25)5-16(29)28-8-19(23,24)7-15(28)18-26-17(27-30-18)9-1-2-9/h4,6,9,11,15H,1-3,5,7-8,25H2/t11-,15+/m1/s1.